The van der Waals surface area contributed by atoms with Crippen molar-refractivity contribution in [3.05, 3.63) is 41.0 Å². The van der Waals surface area contributed by atoms with Gasteiger partial charge in [0.1, 0.15) is 0 Å². The highest BCUT2D eigenvalue weighted by molar-refractivity contribution is 7.07. The molecule has 1 fully saturated rings. The van der Waals surface area contributed by atoms with Gasteiger partial charge in [-0.25, -0.2) is 4.98 Å². The number of hydrogen-bond acceptors (Lipinski definition) is 6. The summed E-state index contributed by atoms with van der Waals surface area (Å²) in [4.78, 5) is 8.80. The lowest BCUT2D eigenvalue weighted by Gasteiger charge is -2.34. The fourth-order valence-corrected chi connectivity index (χ4v) is 3.05. The van der Waals surface area contributed by atoms with Gasteiger partial charge in [-0.05, 0) is 31.4 Å². The summed E-state index contributed by atoms with van der Waals surface area (Å²) in [6.45, 7) is 0. The summed E-state index contributed by atoms with van der Waals surface area (Å²) in [5.74, 6) is 1.13. The molecule has 0 bridgehead atoms. The molecule has 5 nitrogen and oxygen atoms in total. The Labute approximate surface area is 138 Å². The Morgan fingerprint density at radius 1 is 1.23 bits per heavy atom. The Balaban J connectivity index is 0.00000144. The molecular weight excluding hydrogens is 320 g/mol. The Hall–Kier alpha value is -1.76. The maximum absolute atomic E-state index is 6.23. The van der Waals surface area contributed by atoms with E-state index in [2.05, 4.69) is 15.1 Å². The van der Waals surface area contributed by atoms with Crippen LogP contribution in [0.3, 0.4) is 0 Å². The van der Waals surface area contributed by atoms with Gasteiger partial charge in [0.15, 0.2) is 5.82 Å². The summed E-state index contributed by atoms with van der Waals surface area (Å²) in [5, 5.41) is 6.07. The smallest absolute Gasteiger partial charge is 0.258 e. The number of thiazole rings is 1. The van der Waals surface area contributed by atoms with Gasteiger partial charge in [0.2, 0.25) is 0 Å². The highest BCUT2D eigenvalue weighted by Crippen LogP contribution is 2.37. The van der Waals surface area contributed by atoms with Gasteiger partial charge in [-0.2, -0.15) is 4.98 Å². The van der Waals surface area contributed by atoms with E-state index < -0.39 is 5.54 Å². The van der Waals surface area contributed by atoms with Gasteiger partial charge in [0.25, 0.3) is 5.89 Å². The van der Waals surface area contributed by atoms with Crippen LogP contribution in [0.2, 0.25) is 0 Å². The van der Waals surface area contributed by atoms with Crippen LogP contribution in [-0.2, 0) is 5.54 Å². The number of nitrogens with two attached hydrogens (primary N) is 1. The Morgan fingerprint density at radius 2 is 2.05 bits per heavy atom. The van der Waals surface area contributed by atoms with Gasteiger partial charge >= 0.3 is 0 Å². The normalized spacial score (nSPS) is 15.9. The minimum Gasteiger partial charge on any atom is -0.334 e. The molecular formula is C15H15ClN4OS. The van der Waals surface area contributed by atoms with E-state index >= 15 is 0 Å². The van der Waals surface area contributed by atoms with Gasteiger partial charge in [-0.3, -0.25) is 0 Å². The molecule has 0 amide bonds. The average molecular weight is 335 g/mol. The highest BCUT2D eigenvalue weighted by Gasteiger charge is 2.39. The van der Waals surface area contributed by atoms with Crippen molar-refractivity contribution in [1.29, 1.82) is 0 Å². The lowest BCUT2D eigenvalue weighted by atomic mass is 9.77. The largest absolute Gasteiger partial charge is 0.334 e. The van der Waals surface area contributed by atoms with Crippen LogP contribution in [0.1, 0.15) is 25.1 Å². The number of benzene rings is 1. The van der Waals surface area contributed by atoms with Crippen molar-refractivity contribution >= 4 is 23.7 Å². The summed E-state index contributed by atoms with van der Waals surface area (Å²) in [6, 6.07) is 7.95. The first-order valence-electron chi connectivity index (χ1n) is 6.87. The molecule has 0 saturated heterocycles. The molecule has 1 aliphatic rings. The van der Waals surface area contributed by atoms with Crippen LogP contribution in [0.25, 0.3) is 22.7 Å². The van der Waals surface area contributed by atoms with Crippen molar-refractivity contribution in [3.8, 4) is 22.7 Å². The van der Waals surface area contributed by atoms with Gasteiger partial charge in [-0.1, -0.05) is 17.3 Å². The summed E-state index contributed by atoms with van der Waals surface area (Å²) < 4.78 is 5.39. The predicted octanol–water partition coefficient (Wildman–Crippen LogP) is 3.62. The zero-order valence-electron chi connectivity index (χ0n) is 11.7. The van der Waals surface area contributed by atoms with E-state index in [9.17, 15) is 0 Å². The third-order valence-electron chi connectivity index (χ3n) is 3.95. The molecule has 0 unspecified atom stereocenters. The van der Waals surface area contributed by atoms with E-state index in [1.807, 2.05) is 35.2 Å². The first-order chi connectivity index (χ1) is 10.2. The van der Waals surface area contributed by atoms with Crippen LogP contribution < -0.4 is 5.73 Å². The van der Waals surface area contributed by atoms with E-state index in [0.717, 1.165) is 36.1 Å². The topological polar surface area (TPSA) is 77.8 Å². The first-order valence-corrected chi connectivity index (χ1v) is 7.81. The molecule has 2 heterocycles. The maximum Gasteiger partial charge on any atom is 0.258 e. The van der Waals surface area contributed by atoms with Gasteiger partial charge < -0.3 is 10.3 Å². The summed E-state index contributed by atoms with van der Waals surface area (Å²) in [6.07, 6.45) is 2.97. The quantitative estimate of drug-likeness (QED) is 0.791. The molecule has 0 spiro atoms. The standard InChI is InChI=1S/C15H14N4OS.ClH/c16-15(5-2-6-15)14-18-13(20-19-14)11-4-1-3-10(7-11)12-8-21-9-17-12;/h1,3-4,7-9H,2,5-6,16H2;1H. The van der Waals surface area contributed by atoms with E-state index in [0.29, 0.717) is 11.7 Å². The number of halogens is 1. The van der Waals surface area contributed by atoms with Crippen molar-refractivity contribution in [2.75, 3.05) is 0 Å². The Morgan fingerprint density at radius 3 is 2.73 bits per heavy atom. The third kappa shape index (κ3) is 2.54. The predicted molar refractivity (Wildman–Crippen MR) is 87.8 cm³/mol. The second-order valence-electron chi connectivity index (χ2n) is 5.39. The number of rotatable bonds is 3. The van der Waals surface area contributed by atoms with Crippen LogP contribution >= 0.6 is 23.7 Å². The fraction of sp³-hybridized carbons (Fsp3) is 0.267. The summed E-state index contributed by atoms with van der Waals surface area (Å²) in [5.41, 5.74) is 10.5. The van der Waals surface area contributed by atoms with Crippen LogP contribution in [0.15, 0.2) is 39.7 Å². The Bertz CT molecular complexity index is 767. The SMILES string of the molecule is Cl.NC1(c2noc(-c3cccc(-c4cscn4)c3)n2)CCC1. The fourth-order valence-electron chi connectivity index (χ4n) is 2.49. The lowest BCUT2D eigenvalue weighted by Crippen LogP contribution is -2.44. The highest BCUT2D eigenvalue weighted by atomic mass is 35.5. The van der Waals surface area contributed by atoms with Crippen molar-refractivity contribution in [1.82, 2.24) is 15.1 Å². The van der Waals surface area contributed by atoms with E-state index in [4.69, 9.17) is 10.3 Å². The number of aromatic nitrogens is 3. The summed E-state index contributed by atoms with van der Waals surface area (Å²) in [7, 11) is 0. The molecule has 2 N–H and O–H groups in total. The first kappa shape index (κ1) is 15.1. The molecule has 0 atom stereocenters. The zero-order valence-corrected chi connectivity index (χ0v) is 13.4. The maximum atomic E-state index is 6.23. The molecule has 0 aliphatic heterocycles. The molecule has 2 aromatic heterocycles. The summed E-state index contributed by atoms with van der Waals surface area (Å²) >= 11 is 1.58. The average Bonchev–Trinajstić information content (AvgIpc) is 3.16. The van der Waals surface area contributed by atoms with Crippen molar-refractivity contribution in [2.24, 2.45) is 5.73 Å². The van der Waals surface area contributed by atoms with Gasteiger partial charge in [0.05, 0.1) is 16.7 Å². The second kappa shape index (κ2) is 5.79. The minimum atomic E-state index is -0.395. The van der Waals surface area contributed by atoms with Crippen molar-refractivity contribution in [2.45, 2.75) is 24.8 Å². The molecule has 4 rings (SSSR count). The van der Waals surface area contributed by atoms with Gasteiger partial charge in [-0.15, -0.1) is 23.7 Å². The van der Waals surface area contributed by atoms with E-state index in [1.54, 1.807) is 11.3 Å². The van der Waals surface area contributed by atoms with E-state index in [-0.39, 0.29) is 12.4 Å². The van der Waals surface area contributed by atoms with Crippen molar-refractivity contribution in [3.63, 3.8) is 0 Å². The molecule has 7 heteroatoms. The van der Waals surface area contributed by atoms with Gasteiger partial charge in [0, 0.05) is 16.5 Å². The number of nitrogens with zero attached hydrogens (tertiary/aromatic N) is 3. The molecule has 1 aromatic carbocycles. The van der Waals surface area contributed by atoms with Crippen LogP contribution in [0.4, 0.5) is 0 Å². The molecule has 114 valence electrons. The van der Waals surface area contributed by atoms with E-state index in [1.165, 1.54) is 0 Å². The van der Waals surface area contributed by atoms with Crippen molar-refractivity contribution < 1.29 is 4.52 Å². The minimum absolute atomic E-state index is 0. The molecule has 1 aliphatic carbocycles. The monoisotopic (exact) mass is 334 g/mol. The van der Waals surface area contributed by atoms with Crippen LogP contribution in [0, 0.1) is 0 Å². The molecule has 0 radical (unpaired) electrons. The van der Waals surface area contributed by atoms with Crippen LogP contribution in [0.5, 0.6) is 0 Å². The zero-order chi connectivity index (χ0) is 14.3. The second-order valence-corrected chi connectivity index (χ2v) is 6.11. The van der Waals surface area contributed by atoms with Crippen LogP contribution in [-0.4, -0.2) is 15.1 Å². The molecule has 22 heavy (non-hydrogen) atoms. The lowest BCUT2D eigenvalue weighted by molar-refractivity contribution is 0.229. The molecule has 1 saturated carbocycles. The molecule has 3 aromatic rings. The Kier molecular flexibility index (Phi) is 3.99. The third-order valence-corrected chi connectivity index (χ3v) is 4.54. The number of hydrogen-bond donors (Lipinski definition) is 1.